The number of nitrogens with two attached hydrogens (primary N) is 1. The van der Waals surface area contributed by atoms with Gasteiger partial charge in [0.25, 0.3) is 0 Å². The number of hydrogen-bond donors (Lipinski definition) is 2. The van der Waals surface area contributed by atoms with E-state index in [1.807, 2.05) is 5.38 Å². The van der Waals surface area contributed by atoms with Crippen molar-refractivity contribution < 1.29 is 4.79 Å². The lowest BCUT2D eigenvalue weighted by Gasteiger charge is -2.17. The molecule has 4 nitrogen and oxygen atoms in total. The van der Waals surface area contributed by atoms with Crippen molar-refractivity contribution in [2.45, 2.75) is 52.1 Å². The average molecular weight is 255 g/mol. The Morgan fingerprint density at radius 1 is 1.41 bits per heavy atom. The molecule has 0 spiro atoms. The normalized spacial score (nSPS) is 12.6. The Morgan fingerprint density at radius 2 is 2.00 bits per heavy atom. The Labute approximate surface area is 107 Å². The Hall–Kier alpha value is -0.940. The zero-order valence-corrected chi connectivity index (χ0v) is 11.9. The molecule has 17 heavy (non-hydrogen) atoms. The number of nitrogens with zero attached hydrogens (tertiary/aromatic N) is 1. The van der Waals surface area contributed by atoms with Gasteiger partial charge >= 0.3 is 0 Å². The summed E-state index contributed by atoms with van der Waals surface area (Å²) in [5.41, 5.74) is 5.95. The van der Waals surface area contributed by atoms with Crippen molar-refractivity contribution in [3.05, 3.63) is 16.1 Å². The fourth-order valence-corrected chi connectivity index (χ4v) is 2.08. The van der Waals surface area contributed by atoms with Crippen molar-refractivity contribution in [1.29, 1.82) is 0 Å². The van der Waals surface area contributed by atoms with Crippen molar-refractivity contribution in [3.63, 3.8) is 0 Å². The van der Waals surface area contributed by atoms with E-state index in [1.165, 1.54) is 0 Å². The van der Waals surface area contributed by atoms with Crippen LogP contribution in [0.3, 0.4) is 0 Å². The van der Waals surface area contributed by atoms with Gasteiger partial charge in [0.05, 0.1) is 17.8 Å². The summed E-state index contributed by atoms with van der Waals surface area (Å²) in [6.45, 7) is 10.2. The fraction of sp³-hybridized carbons (Fsp3) is 0.667. The molecule has 0 saturated carbocycles. The van der Waals surface area contributed by atoms with Crippen molar-refractivity contribution >= 4 is 17.2 Å². The molecule has 0 radical (unpaired) electrons. The van der Waals surface area contributed by atoms with Crippen molar-refractivity contribution in [2.24, 2.45) is 5.73 Å². The zero-order valence-electron chi connectivity index (χ0n) is 11.1. The highest BCUT2D eigenvalue weighted by Gasteiger charge is 2.22. The predicted octanol–water partition coefficient (Wildman–Crippen LogP) is 1.79. The van der Waals surface area contributed by atoms with E-state index >= 15 is 0 Å². The van der Waals surface area contributed by atoms with Gasteiger partial charge in [-0.05, 0) is 13.8 Å². The largest absolute Gasteiger partial charge is 0.348 e. The Morgan fingerprint density at radius 3 is 2.41 bits per heavy atom. The van der Waals surface area contributed by atoms with Crippen molar-refractivity contribution in [2.75, 3.05) is 0 Å². The monoisotopic (exact) mass is 255 g/mol. The van der Waals surface area contributed by atoms with Gasteiger partial charge in [-0.3, -0.25) is 4.79 Å². The van der Waals surface area contributed by atoms with E-state index in [-0.39, 0.29) is 11.3 Å². The third-order valence-corrected chi connectivity index (χ3v) is 3.15. The van der Waals surface area contributed by atoms with Crippen LogP contribution < -0.4 is 11.1 Å². The van der Waals surface area contributed by atoms with Gasteiger partial charge in [0.1, 0.15) is 5.01 Å². The quantitative estimate of drug-likeness (QED) is 0.865. The molecule has 5 heteroatoms. The minimum atomic E-state index is -0.843. The molecule has 1 aromatic heterocycles. The smallest absolute Gasteiger partial charge is 0.239 e. The minimum Gasteiger partial charge on any atom is -0.348 e. The number of thiazole rings is 1. The number of nitrogens with one attached hydrogen (secondary N) is 1. The maximum atomic E-state index is 11.6. The molecular weight excluding hydrogens is 234 g/mol. The number of aromatic nitrogens is 1. The number of carbonyl (C=O) groups is 1. The molecule has 0 saturated heterocycles. The highest BCUT2D eigenvalue weighted by molar-refractivity contribution is 7.09. The van der Waals surface area contributed by atoms with Crippen LogP contribution in [0.25, 0.3) is 0 Å². The van der Waals surface area contributed by atoms with Gasteiger partial charge in [-0.1, -0.05) is 20.8 Å². The molecule has 96 valence electrons. The van der Waals surface area contributed by atoms with Crippen LogP contribution in [-0.2, 0) is 16.8 Å². The van der Waals surface area contributed by atoms with Crippen molar-refractivity contribution in [1.82, 2.24) is 10.3 Å². The molecule has 3 N–H and O–H groups in total. The van der Waals surface area contributed by atoms with E-state index in [0.29, 0.717) is 6.54 Å². The Bertz CT molecular complexity index is 399. The lowest BCUT2D eigenvalue weighted by Crippen LogP contribution is -2.48. The van der Waals surface area contributed by atoms with Gasteiger partial charge in [-0.15, -0.1) is 11.3 Å². The first-order valence-corrected chi connectivity index (χ1v) is 6.51. The standard InChI is InChI=1S/C12H21N3OS/c1-11(2,3)8-7-17-9(15-8)6-14-10(16)12(4,5)13/h7H,6,13H2,1-5H3,(H,14,16). The van der Waals surface area contributed by atoms with E-state index in [2.05, 4.69) is 31.1 Å². The van der Waals surface area contributed by atoms with E-state index in [0.717, 1.165) is 10.7 Å². The lowest BCUT2D eigenvalue weighted by atomic mass is 9.93. The van der Waals surface area contributed by atoms with E-state index in [1.54, 1.807) is 25.2 Å². The number of rotatable bonds is 3. The van der Waals surface area contributed by atoms with Crippen LogP contribution >= 0.6 is 11.3 Å². The molecule has 0 unspecified atom stereocenters. The summed E-state index contributed by atoms with van der Waals surface area (Å²) >= 11 is 1.56. The van der Waals surface area contributed by atoms with Gasteiger partial charge in [0, 0.05) is 10.8 Å². The van der Waals surface area contributed by atoms with Crippen LogP contribution in [-0.4, -0.2) is 16.4 Å². The predicted molar refractivity (Wildman–Crippen MR) is 70.9 cm³/mol. The van der Waals surface area contributed by atoms with Crippen LogP contribution in [0.2, 0.25) is 0 Å². The second kappa shape index (κ2) is 4.74. The third kappa shape index (κ3) is 4.09. The van der Waals surface area contributed by atoms with Crippen LogP contribution in [0, 0.1) is 0 Å². The van der Waals surface area contributed by atoms with Crippen molar-refractivity contribution in [3.8, 4) is 0 Å². The first-order chi connectivity index (χ1) is 7.60. The molecule has 1 amide bonds. The molecule has 1 heterocycles. The first-order valence-electron chi connectivity index (χ1n) is 5.63. The summed E-state index contributed by atoms with van der Waals surface area (Å²) in [7, 11) is 0. The van der Waals surface area contributed by atoms with Gasteiger partial charge in [0.2, 0.25) is 5.91 Å². The molecule has 0 atom stereocenters. The zero-order chi connectivity index (χ0) is 13.3. The first kappa shape index (κ1) is 14.1. The summed E-state index contributed by atoms with van der Waals surface area (Å²) in [6.07, 6.45) is 0. The fourth-order valence-electron chi connectivity index (χ4n) is 1.12. The highest BCUT2D eigenvalue weighted by atomic mass is 32.1. The molecule has 0 aliphatic rings. The third-order valence-electron chi connectivity index (χ3n) is 2.31. The second-order valence-corrected chi connectivity index (χ2v) is 6.72. The number of amides is 1. The SMILES string of the molecule is CC(C)(N)C(=O)NCc1nc(C(C)(C)C)cs1. The van der Waals surface area contributed by atoms with E-state index in [4.69, 9.17) is 5.73 Å². The average Bonchev–Trinajstić information content (AvgIpc) is 2.59. The summed E-state index contributed by atoms with van der Waals surface area (Å²) in [5, 5.41) is 5.73. The van der Waals surface area contributed by atoms with Crippen LogP contribution in [0.4, 0.5) is 0 Å². The van der Waals surface area contributed by atoms with E-state index in [9.17, 15) is 4.79 Å². The van der Waals surface area contributed by atoms with Crippen LogP contribution in [0.1, 0.15) is 45.3 Å². The summed E-state index contributed by atoms with van der Waals surface area (Å²) < 4.78 is 0. The van der Waals surface area contributed by atoms with Gasteiger partial charge < -0.3 is 11.1 Å². The van der Waals surface area contributed by atoms with Gasteiger partial charge in [0.15, 0.2) is 0 Å². The molecule has 0 aliphatic heterocycles. The Balaban J connectivity index is 2.60. The number of carbonyl (C=O) groups excluding carboxylic acids is 1. The lowest BCUT2D eigenvalue weighted by molar-refractivity contribution is -0.125. The summed E-state index contributed by atoms with van der Waals surface area (Å²) in [5.74, 6) is -0.162. The van der Waals surface area contributed by atoms with Gasteiger partial charge in [-0.2, -0.15) is 0 Å². The molecule has 0 aromatic carbocycles. The molecule has 0 bridgehead atoms. The second-order valence-electron chi connectivity index (χ2n) is 5.78. The van der Waals surface area contributed by atoms with Gasteiger partial charge in [-0.25, -0.2) is 4.98 Å². The summed E-state index contributed by atoms with van der Waals surface area (Å²) in [6, 6.07) is 0. The highest BCUT2D eigenvalue weighted by Crippen LogP contribution is 2.23. The molecule has 1 aromatic rings. The van der Waals surface area contributed by atoms with Crippen LogP contribution in [0.15, 0.2) is 5.38 Å². The molecular formula is C12H21N3OS. The summed E-state index contributed by atoms with van der Waals surface area (Å²) in [4.78, 5) is 16.1. The maximum absolute atomic E-state index is 11.6. The molecule has 1 rings (SSSR count). The topological polar surface area (TPSA) is 68.0 Å². The van der Waals surface area contributed by atoms with E-state index < -0.39 is 5.54 Å². The maximum Gasteiger partial charge on any atom is 0.239 e. The number of hydrogen-bond acceptors (Lipinski definition) is 4. The molecule has 0 fully saturated rings. The Kier molecular flexibility index (Phi) is 3.94. The minimum absolute atomic E-state index is 0.0475. The molecule has 0 aliphatic carbocycles. The van der Waals surface area contributed by atoms with Crippen LogP contribution in [0.5, 0.6) is 0 Å².